The number of hydrogen-bond donors (Lipinski definition) is 0. The Morgan fingerprint density at radius 2 is 1.50 bits per heavy atom. The van der Waals surface area contributed by atoms with E-state index >= 15 is 0 Å². The van der Waals surface area contributed by atoms with E-state index in [-0.39, 0.29) is 25.8 Å². The van der Waals surface area contributed by atoms with Crippen molar-refractivity contribution in [2.45, 2.75) is 13.2 Å². The minimum absolute atomic E-state index is 0.0215. The van der Waals surface area contributed by atoms with Gasteiger partial charge in [-0.1, -0.05) is 73.3 Å². The number of hydrogen-bond acceptors (Lipinski definition) is 8. The molecule has 2 heterocycles. The van der Waals surface area contributed by atoms with Gasteiger partial charge >= 0.3 is 7.82 Å². The van der Waals surface area contributed by atoms with Crippen molar-refractivity contribution in [3.63, 3.8) is 0 Å². The molecule has 0 amide bonds. The standard InChI is InChI=1S/C33H28NO7P/c1-3-23-14-26(16-27(15-23)36-2)29-18-31(28-17-32-33(38-22-37-32)19-30(28)34-29)41-42(35,39-20-24-10-6-4-7-11-24)40-21-25-12-8-5-9-13-25/h3-19H,1,20-22H2,2H3. The number of methoxy groups -OCH3 is 1. The number of nitrogens with zero attached hydrogens (tertiary/aromatic N) is 1. The third kappa shape index (κ3) is 6.16. The number of fused-ring (bicyclic) bond motifs is 2. The maximum Gasteiger partial charge on any atom is 0.530 e. The van der Waals surface area contributed by atoms with Crippen molar-refractivity contribution in [3.05, 3.63) is 120 Å². The molecular weight excluding hydrogens is 553 g/mol. The Labute approximate surface area is 243 Å². The van der Waals surface area contributed by atoms with Gasteiger partial charge in [0.1, 0.15) is 11.5 Å². The number of aromatic nitrogens is 1. The molecule has 8 nitrogen and oxygen atoms in total. The van der Waals surface area contributed by atoms with Crippen molar-refractivity contribution in [1.29, 1.82) is 0 Å². The minimum Gasteiger partial charge on any atom is -0.497 e. The van der Waals surface area contributed by atoms with Crippen LogP contribution in [0.25, 0.3) is 28.2 Å². The molecule has 0 saturated carbocycles. The van der Waals surface area contributed by atoms with Gasteiger partial charge in [-0.15, -0.1) is 0 Å². The lowest BCUT2D eigenvalue weighted by Crippen LogP contribution is -2.04. The van der Waals surface area contributed by atoms with Crippen LogP contribution in [0.5, 0.6) is 23.0 Å². The van der Waals surface area contributed by atoms with Crippen molar-refractivity contribution < 1.29 is 32.3 Å². The SMILES string of the molecule is C=Cc1cc(OC)cc(-c2cc(OP(=O)(OCc3ccccc3)OCc3ccccc3)c3cc4c(cc3n2)OCO4)c1. The summed E-state index contributed by atoms with van der Waals surface area (Å²) in [5.41, 5.74) is 4.34. The Hall–Kier alpha value is -4.62. The monoisotopic (exact) mass is 581 g/mol. The minimum atomic E-state index is -4.18. The number of pyridine rings is 1. The van der Waals surface area contributed by atoms with Gasteiger partial charge in [-0.25, -0.2) is 9.55 Å². The Balaban J connectivity index is 1.43. The first-order valence-electron chi connectivity index (χ1n) is 13.2. The average Bonchev–Trinajstić information content (AvgIpc) is 3.50. The Bertz CT molecular complexity index is 1730. The van der Waals surface area contributed by atoms with Crippen molar-refractivity contribution in [2.75, 3.05) is 13.9 Å². The molecule has 6 rings (SSSR count). The lowest BCUT2D eigenvalue weighted by molar-refractivity contribution is 0.143. The third-order valence-electron chi connectivity index (χ3n) is 6.64. The summed E-state index contributed by atoms with van der Waals surface area (Å²) in [6, 6.07) is 29.7. The zero-order valence-electron chi connectivity index (χ0n) is 22.9. The van der Waals surface area contributed by atoms with E-state index in [2.05, 4.69) is 6.58 Å². The molecule has 1 aliphatic rings. The van der Waals surface area contributed by atoms with Gasteiger partial charge in [0, 0.05) is 23.1 Å². The normalized spacial score (nSPS) is 12.3. The van der Waals surface area contributed by atoms with Crippen molar-refractivity contribution >= 4 is 24.8 Å². The van der Waals surface area contributed by atoms with Gasteiger partial charge in [-0.2, -0.15) is 0 Å². The zero-order chi connectivity index (χ0) is 28.9. The van der Waals surface area contributed by atoms with Crippen LogP contribution in [0.3, 0.4) is 0 Å². The van der Waals surface area contributed by atoms with Gasteiger partial charge in [-0.3, -0.25) is 9.05 Å². The molecule has 1 aromatic heterocycles. The first kappa shape index (κ1) is 27.5. The van der Waals surface area contributed by atoms with E-state index in [9.17, 15) is 4.57 Å². The van der Waals surface area contributed by atoms with Crippen molar-refractivity contribution in [3.8, 4) is 34.3 Å². The predicted molar refractivity (Wildman–Crippen MR) is 161 cm³/mol. The van der Waals surface area contributed by atoms with Crippen LogP contribution in [0.2, 0.25) is 0 Å². The van der Waals surface area contributed by atoms with Crippen LogP contribution in [-0.2, 0) is 26.8 Å². The number of ether oxygens (including phenoxy) is 3. The summed E-state index contributed by atoms with van der Waals surface area (Å²) in [6.45, 7) is 4.02. The van der Waals surface area contributed by atoms with Crippen LogP contribution in [0.15, 0.2) is 104 Å². The molecule has 4 aromatic carbocycles. The number of rotatable bonds is 11. The molecule has 0 saturated heterocycles. The molecule has 0 aliphatic carbocycles. The van der Waals surface area contributed by atoms with Gasteiger partial charge in [0.15, 0.2) is 11.5 Å². The molecule has 9 heteroatoms. The lowest BCUT2D eigenvalue weighted by atomic mass is 10.0. The van der Waals surface area contributed by atoms with E-state index in [1.165, 1.54) is 0 Å². The highest BCUT2D eigenvalue weighted by Crippen LogP contribution is 2.53. The number of phosphoric ester groups is 1. The highest BCUT2D eigenvalue weighted by molar-refractivity contribution is 7.48. The summed E-state index contributed by atoms with van der Waals surface area (Å²) < 4.78 is 49.0. The second-order valence-corrected chi connectivity index (χ2v) is 11.1. The van der Waals surface area contributed by atoms with Crippen LogP contribution in [-0.4, -0.2) is 18.9 Å². The van der Waals surface area contributed by atoms with Gasteiger partial charge < -0.3 is 18.7 Å². The highest BCUT2D eigenvalue weighted by Gasteiger charge is 2.31. The average molecular weight is 582 g/mol. The fraction of sp³-hybridized carbons (Fsp3) is 0.121. The summed E-state index contributed by atoms with van der Waals surface area (Å²) in [4.78, 5) is 4.87. The van der Waals surface area contributed by atoms with E-state index in [0.29, 0.717) is 33.8 Å². The van der Waals surface area contributed by atoms with Crippen LogP contribution in [0.4, 0.5) is 0 Å². The summed E-state index contributed by atoms with van der Waals surface area (Å²) in [5.74, 6) is 1.98. The fourth-order valence-corrected chi connectivity index (χ4v) is 5.67. The quantitative estimate of drug-likeness (QED) is 0.144. The van der Waals surface area contributed by atoms with Gasteiger partial charge in [0.05, 0.1) is 31.5 Å². The second-order valence-electron chi connectivity index (χ2n) is 9.48. The van der Waals surface area contributed by atoms with E-state index < -0.39 is 7.82 Å². The van der Waals surface area contributed by atoms with E-state index in [4.69, 9.17) is 32.8 Å². The molecule has 0 unspecified atom stereocenters. The Kier molecular flexibility index (Phi) is 7.93. The Morgan fingerprint density at radius 3 is 2.12 bits per heavy atom. The van der Waals surface area contributed by atoms with Crippen LogP contribution in [0.1, 0.15) is 16.7 Å². The second kappa shape index (κ2) is 12.1. The molecule has 0 bridgehead atoms. The van der Waals surface area contributed by atoms with E-state index in [1.807, 2.05) is 78.9 Å². The summed E-state index contributed by atoms with van der Waals surface area (Å²) in [7, 11) is -2.58. The first-order valence-corrected chi connectivity index (χ1v) is 14.7. The molecule has 42 heavy (non-hydrogen) atoms. The van der Waals surface area contributed by atoms with E-state index in [1.54, 1.807) is 31.4 Å². The third-order valence-corrected chi connectivity index (χ3v) is 7.95. The maximum atomic E-state index is 14.3. The van der Waals surface area contributed by atoms with Crippen LogP contribution >= 0.6 is 7.82 Å². The molecule has 1 aliphatic heterocycles. The zero-order valence-corrected chi connectivity index (χ0v) is 23.8. The maximum absolute atomic E-state index is 14.3. The van der Waals surface area contributed by atoms with E-state index in [0.717, 1.165) is 22.3 Å². The van der Waals surface area contributed by atoms with Crippen LogP contribution in [0, 0.1) is 0 Å². The molecule has 0 fully saturated rings. The molecule has 0 spiro atoms. The van der Waals surface area contributed by atoms with Gasteiger partial charge in [0.2, 0.25) is 6.79 Å². The van der Waals surface area contributed by atoms with Crippen molar-refractivity contribution in [2.24, 2.45) is 0 Å². The number of benzene rings is 4. The first-order chi connectivity index (χ1) is 20.5. The topological polar surface area (TPSA) is 85.3 Å². The number of phosphoric acid groups is 1. The van der Waals surface area contributed by atoms with Gasteiger partial charge in [0.25, 0.3) is 0 Å². The predicted octanol–water partition coefficient (Wildman–Crippen LogP) is 8.20. The van der Waals surface area contributed by atoms with Gasteiger partial charge in [-0.05, 0) is 41.0 Å². The molecule has 0 atom stereocenters. The molecule has 212 valence electrons. The molecule has 5 aromatic rings. The Morgan fingerprint density at radius 1 is 0.857 bits per heavy atom. The van der Waals surface area contributed by atoms with Crippen LogP contribution < -0.4 is 18.7 Å². The summed E-state index contributed by atoms with van der Waals surface area (Å²) in [5, 5.41) is 0.557. The van der Waals surface area contributed by atoms with Crippen molar-refractivity contribution in [1.82, 2.24) is 4.98 Å². The fourth-order valence-electron chi connectivity index (χ4n) is 4.48. The smallest absolute Gasteiger partial charge is 0.497 e. The molecule has 0 radical (unpaired) electrons. The lowest BCUT2D eigenvalue weighted by Gasteiger charge is -2.20. The summed E-state index contributed by atoms with van der Waals surface area (Å²) >= 11 is 0. The molecule has 0 N–H and O–H groups in total. The largest absolute Gasteiger partial charge is 0.530 e. The molecular formula is C33H28NO7P. The summed E-state index contributed by atoms with van der Waals surface area (Å²) in [6.07, 6.45) is 1.73. The highest BCUT2D eigenvalue weighted by atomic mass is 31.2.